The maximum absolute atomic E-state index is 4.03. The number of aromatic nitrogens is 2. The van der Waals surface area contributed by atoms with Crippen LogP contribution in [0.5, 0.6) is 0 Å². The Bertz CT molecular complexity index is 260. The van der Waals surface area contributed by atoms with E-state index in [4.69, 9.17) is 0 Å². The highest BCUT2D eigenvalue weighted by Gasteiger charge is 1.91. The molecule has 3 nitrogen and oxygen atoms in total. The van der Waals surface area contributed by atoms with E-state index < -0.39 is 0 Å². The third-order valence-corrected chi connectivity index (χ3v) is 1.59. The monoisotopic (exact) mass is 177 g/mol. The molecular weight excluding hydrogens is 162 g/mol. The SMILES string of the molecule is C1=CCN=C1.CC(C)n1cccn1. The van der Waals surface area contributed by atoms with Crippen LogP contribution in [0.25, 0.3) is 0 Å². The maximum atomic E-state index is 4.03. The number of hydrogen-bond acceptors (Lipinski definition) is 2. The molecule has 0 saturated carbocycles. The van der Waals surface area contributed by atoms with Gasteiger partial charge in [-0.25, -0.2) is 0 Å². The predicted octanol–water partition coefficient (Wildman–Crippen LogP) is 2.09. The Labute approximate surface area is 78.8 Å². The van der Waals surface area contributed by atoms with E-state index >= 15 is 0 Å². The predicted molar refractivity (Wildman–Crippen MR) is 55.1 cm³/mol. The summed E-state index contributed by atoms with van der Waals surface area (Å²) >= 11 is 0. The van der Waals surface area contributed by atoms with Gasteiger partial charge in [0, 0.05) is 24.7 Å². The molecule has 0 fully saturated rings. The Balaban J connectivity index is 0.000000145. The van der Waals surface area contributed by atoms with Crippen LogP contribution in [0.1, 0.15) is 19.9 Å². The van der Waals surface area contributed by atoms with Crippen molar-refractivity contribution in [2.45, 2.75) is 19.9 Å². The van der Waals surface area contributed by atoms with Gasteiger partial charge in [0.15, 0.2) is 0 Å². The van der Waals surface area contributed by atoms with Crippen LogP contribution in [0.4, 0.5) is 0 Å². The van der Waals surface area contributed by atoms with Gasteiger partial charge in [0.05, 0.1) is 6.54 Å². The molecule has 70 valence electrons. The molecule has 0 N–H and O–H groups in total. The largest absolute Gasteiger partial charge is 0.289 e. The quantitative estimate of drug-likeness (QED) is 0.646. The molecule has 2 rings (SSSR count). The molecular formula is C10H15N3. The number of nitrogens with zero attached hydrogens (tertiary/aromatic N) is 3. The maximum Gasteiger partial charge on any atom is 0.0573 e. The van der Waals surface area contributed by atoms with E-state index in [0.29, 0.717) is 6.04 Å². The fourth-order valence-corrected chi connectivity index (χ4v) is 0.890. The van der Waals surface area contributed by atoms with E-state index in [9.17, 15) is 0 Å². The number of aliphatic imine (C=N–C) groups is 1. The second-order valence-electron chi connectivity index (χ2n) is 3.02. The minimum atomic E-state index is 0.491. The fourth-order valence-electron chi connectivity index (χ4n) is 0.890. The molecule has 0 atom stereocenters. The van der Waals surface area contributed by atoms with Crippen molar-refractivity contribution < 1.29 is 0 Å². The number of allylic oxidation sites excluding steroid dienone is 1. The van der Waals surface area contributed by atoms with Gasteiger partial charge < -0.3 is 0 Å². The Morgan fingerprint density at radius 2 is 2.23 bits per heavy atom. The Morgan fingerprint density at radius 3 is 2.46 bits per heavy atom. The summed E-state index contributed by atoms with van der Waals surface area (Å²) in [5.74, 6) is 0. The molecule has 0 radical (unpaired) electrons. The summed E-state index contributed by atoms with van der Waals surface area (Å²) in [6, 6.07) is 2.42. The molecule has 1 aromatic heterocycles. The average Bonchev–Trinajstić information content (AvgIpc) is 2.82. The van der Waals surface area contributed by atoms with Crippen molar-refractivity contribution in [1.82, 2.24) is 9.78 Å². The van der Waals surface area contributed by atoms with Crippen molar-refractivity contribution in [2.75, 3.05) is 6.54 Å². The van der Waals surface area contributed by atoms with Crippen LogP contribution in [0.15, 0.2) is 35.6 Å². The molecule has 0 amide bonds. The average molecular weight is 177 g/mol. The zero-order valence-corrected chi connectivity index (χ0v) is 8.09. The first-order valence-corrected chi connectivity index (χ1v) is 4.45. The molecule has 2 heterocycles. The molecule has 1 aromatic rings. The van der Waals surface area contributed by atoms with Crippen LogP contribution in [-0.2, 0) is 0 Å². The molecule has 0 aromatic carbocycles. The summed E-state index contributed by atoms with van der Waals surface area (Å²) < 4.78 is 1.92. The molecule has 0 bridgehead atoms. The lowest BCUT2D eigenvalue weighted by Crippen LogP contribution is -1.99. The van der Waals surface area contributed by atoms with Gasteiger partial charge in [-0.15, -0.1) is 0 Å². The molecule has 0 spiro atoms. The molecule has 1 aliphatic rings. The standard InChI is InChI=1S/C6H10N2.C4H5N/c1-6(2)8-5-3-4-7-8;1-2-4-5-3-1/h3-6H,1-2H3;1-3H,4H2. The Morgan fingerprint density at radius 1 is 1.38 bits per heavy atom. The topological polar surface area (TPSA) is 30.2 Å². The zero-order chi connectivity index (χ0) is 9.52. The summed E-state index contributed by atoms with van der Waals surface area (Å²) in [7, 11) is 0. The van der Waals surface area contributed by atoms with Crippen LogP contribution < -0.4 is 0 Å². The summed E-state index contributed by atoms with van der Waals surface area (Å²) in [4.78, 5) is 3.85. The first-order valence-electron chi connectivity index (χ1n) is 4.45. The normalized spacial score (nSPS) is 13.2. The minimum Gasteiger partial charge on any atom is -0.289 e. The van der Waals surface area contributed by atoms with Crippen LogP contribution in [0.3, 0.4) is 0 Å². The zero-order valence-electron chi connectivity index (χ0n) is 8.09. The van der Waals surface area contributed by atoms with Gasteiger partial charge in [0.25, 0.3) is 0 Å². The molecule has 0 aliphatic carbocycles. The molecule has 13 heavy (non-hydrogen) atoms. The number of hydrogen-bond donors (Lipinski definition) is 0. The van der Waals surface area contributed by atoms with Crippen LogP contribution in [0.2, 0.25) is 0 Å². The van der Waals surface area contributed by atoms with E-state index in [2.05, 4.69) is 23.9 Å². The molecule has 0 unspecified atom stereocenters. The van der Waals surface area contributed by atoms with Crippen LogP contribution >= 0.6 is 0 Å². The van der Waals surface area contributed by atoms with Crippen molar-refractivity contribution in [3.05, 3.63) is 30.6 Å². The van der Waals surface area contributed by atoms with Crippen LogP contribution in [0, 0.1) is 0 Å². The first kappa shape index (κ1) is 9.71. The van der Waals surface area contributed by atoms with Crippen molar-refractivity contribution in [2.24, 2.45) is 4.99 Å². The second-order valence-corrected chi connectivity index (χ2v) is 3.02. The van der Waals surface area contributed by atoms with Crippen LogP contribution in [-0.4, -0.2) is 22.5 Å². The van der Waals surface area contributed by atoms with E-state index in [1.165, 1.54) is 0 Å². The highest BCUT2D eigenvalue weighted by Crippen LogP contribution is 1.98. The van der Waals surface area contributed by atoms with E-state index in [-0.39, 0.29) is 0 Å². The smallest absolute Gasteiger partial charge is 0.0573 e. The van der Waals surface area contributed by atoms with Gasteiger partial charge >= 0.3 is 0 Å². The van der Waals surface area contributed by atoms with E-state index in [1.807, 2.05) is 29.1 Å². The highest BCUT2D eigenvalue weighted by atomic mass is 15.3. The minimum absolute atomic E-state index is 0.491. The lowest BCUT2D eigenvalue weighted by atomic mass is 10.4. The van der Waals surface area contributed by atoms with Gasteiger partial charge in [-0.1, -0.05) is 6.08 Å². The van der Waals surface area contributed by atoms with E-state index in [0.717, 1.165) is 6.54 Å². The van der Waals surface area contributed by atoms with Gasteiger partial charge in [0.1, 0.15) is 0 Å². The van der Waals surface area contributed by atoms with Crippen molar-refractivity contribution in [3.8, 4) is 0 Å². The lowest BCUT2D eigenvalue weighted by molar-refractivity contribution is 0.532. The Hall–Kier alpha value is -1.38. The molecule has 0 saturated heterocycles. The lowest BCUT2D eigenvalue weighted by Gasteiger charge is -2.01. The summed E-state index contributed by atoms with van der Waals surface area (Å²) in [6.45, 7) is 5.10. The van der Waals surface area contributed by atoms with Crippen molar-refractivity contribution in [1.29, 1.82) is 0 Å². The molecule has 1 aliphatic heterocycles. The van der Waals surface area contributed by atoms with Crippen molar-refractivity contribution in [3.63, 3.8) is 0 Å². The molecule has 3 heteroatoms. The third kappa shape index (κ3) is 3.69. The van der Waals surface area contributed by atoms with Gasteiger partial charge in [-0.2, -0.15) is 5.10 Å². The van der Waals surface area contributed by atoms with Gasteiger partial charge in [0.2, 0.25) is 0 Å². The summed E-state index contributed by atoms with van der Waals surface area (Å²) in [6.07, 6.45) is 9.52. The summed E-state index contributed by atoms with van der Waals surface area (Å²) in [5.41, 5.74) is 0. The first-order chi connectivity index (χ1) is 6.30. The van der Waals surface area contributed by atoms with Gasteiger partial charge in [-0.05, 0) is 26.0 Å². The third-order valence-electron chi connectivity index (χ3n) is 1.59. The second kappa shape index (κ2) is 5.30. The van der Waals surface area contributed by atoms with E-state index in [1.54, 1.807) is 12.4 Å². The van der Waals surface area contributed by atoms with Gasteiger partial charge in [-0.3, -0.25) is 9.67 Å². The highest BCUT2D eigenvalue weighted by molar-refractivity contribution is 5.73. The van der Waals surface area contributed by atoms with Crippen molar-refractivity contribution >= 4 is 6.21 Å². The Kier molecular flexibility index (Phi) is 3.96. The fraction of sp³-hybridized carbons (Fsp3) is 0.400. The number of rotatable bonds is 1. The summed E-state index contributed by atoms with van der Waals surface area (Å²) in [5, 5.41) is 4.03.